The van der Waals surface area contributed by atoms with E-state index in [1.165, 1.54) is 17.4 Å². The molecule has 0 unspecified atom stereocenters. The average Bonchev–Trinajstić information content (AvgIpc) is 3.02. The lowest BCUT2D eigenvalue weighted by atomic mass is 10.1. The van der Waals surface area contributed by atoms with Gasteiger partial charge in [0, 0.05) is 17.6 Å². The maximum Gasteiger partial charge on any atom is 0.250 e. The number of aromatic nitrogens is 2. The van der Waals surface area contributed by atoms with Gasteiger partial charge in [-0.15, -0.1) is 10.2 Å². The first kappa shape index (κ1) is 18.1. The molecule has 1 amide bonds. The largest absolute Gasteiger partial charge is 0.496 e. The fourth-order valence-electron chi connectivity index (χ4n) is 2.38. The molecule has 0 radical (unpaired) electrons. The Morgan fingerprint density at radius 2 is 2.08 bits per heavy atom. The van der Waals surface area contributed by atoms with Crippen molar-refractivity contribution in [1.29, 1.82) is 0 Å². The Balaban J connectivity index is 2.04. The third kappa shape index (κ3) is 4.64. The van der Waals surface area contributed by atoms with Gasteiger partial charge in [-0.05, 0) is 38.0 Å². The summed E-state index contributed by atoms with van der Waals surface area (Å²) < 4.78 is 5.30. The second kappa shape index (κ2) is 8.59. The lowest BCUT2D eigenvalue weighted by Gasteiger charge is -2.06. The molecule has 0 aliphatic rings. The van der Waals surface area contributed by atoms with E-state index >= 15 is 0 Å². The number of methoxy groups -OCH3 is 1. The maximum atomic E-state index is 12.1. The fourth-order valence-corrected chi connectivity index (χ4v) is 3.40. The van der Waals surface area contributed by atoms with Gasteiger partial charge in [0.1, 0.15) is 10.8 Å². The van der Waals surface area contributed by atoms with Gasteiger partial charge in [0.25, 0.3) is 0 Å². The molecule has 1 heterocycles. The third-order valence-corrected chi connectivity index (χ3v) is 4.81. The number of carbonyl (C=O) groups excluding carboxylic acids is 1. The minimum atomic E-state index is -0.231. The number of nitrogens with one attached hydrogen (secondary N) is 1. The van der Waals surface area contributed by atoms with Crippen LogP contribution in [0.25, 0.3) is 6.08 Å². The molecule has 0 saturated heterocycles. The summed E-state index contributed by atoms with van der Waals surface area (Å²) in [4.78, 5) is 12.1. The molecule has 128 valence electrons. The van der Waals surface area contributed by atoms with Gasteiger partial charge in [-0.3, -0.25) is 10.1 Å². The number of hydrogen-bond acceptors (Lipinski definition) is 5. The van der Waals surface area contributed by atoms with Crippen LogP contribution in [0.4, 0.5) is 5.13 Å². The van der Waals surface area contributed by atoms with Crippen LogP contribution in [-0.4, -0.2) is 23.2 Å². The third-order valence-electron chi connectivity index (χ3n) is 3.81. The Hall–Kier alpha value is -2.21. The summed E-state index contributed by atoms with van der Waals surface area (Å²) in [6, 6.07) is 5.83. The van der Waals surface area contributed by atoms with E-state index in [0.717, 1.165) is 34.7 Å². The highest BCUT2D eigenvalue weighted by Gasteiger charge is 2.13. The van der Waals surface area contributed by atoms with Gasteiger partial charge in [-0.25, -0.2) is 0 Å². The van der Waals surface area contributed by atoms with Gasteiger partial charge in [0.2, 0.25) is 11.0 Å². The van der Waals surface area contributed by atoms with Gasteiger partial charge >= 0.3 is 0 Å². The number of rotatable bonds is 7. The predicted octanol–water partition coefficient (Wildman–Crippen LogP) is 4.41. The highest BCUT2D eigenvalue weighted by Crippen LogP contribution is 2.28. The number of amides is 1. The van der Waals surface area contributed by atoms with Crippen molar-refractivity contribution in [2.75, 3.05) is 12.4 Å². The summed E-state index contributed by atoms with van der Waals surface area (Å²) in [6.45, 7) is 6.26. The first-order chi connectivity index (χ1) is 11.6. The summed E-state index contributed by atoms with van der Waals surface area (Å²) in [6.07, 6.45) is 5.26. The zero-order valence-electron chi connectivity index (χ0n) is 14.5. The molecular formula is C18H23N3O2S. The minimum absolute atomic E-state index is 0.231. The van der Waals surface area contributed by atoms with E-state index in [0.29, 0.717) is 11.0 Å². The molecule has 1 aromatic carbocycles. The quantitative estimate of drug-likeness (QED) is 0.755. The molecule has 0 fully saturated rings. The van der Waals surface area contributed by atoms with Crippen LogP contribution in [0.3, 0.4) is 0 Å². The molecule has 0 aliphatic heterocycles. The lowest BCUT2D eigenvalue weighted by molar-refractivity contribution is -0.111. The standard InChI is InChI=1S/C18H23N3O2S/c1-5-13(6-2)17-20-21-18(24-17)19-16(22)10-8-14-11-12(3)7-9-15(14)23-4/h7-11,13H,5-6H2,1-4H3,(H,19,21,22)/b10-8+. The highest BCUT2D eigenvalue weighted by atomic mass is 32.1. The molecule has 5 nitrogen and oxygen atoms in total. The number of anilines is 1. The van der Waals surface area contributed by atoms with Crippen LogP contribution in [0, 0.1) is 6.92 Å². The van der Waals surface area contributed by atoms with Gasteiger partial charge in [-0.1, -0.05) is 36.8 Å². The Bertz CT molecular complexity index is 721. The van der Waals surface area contributed by atoms with Crippen LogP contribution in [0.1, 0.15) is 48.7 Å². The normalized spacial score (nSPS) is 11.2. The number of benzene rings is 1. The zero-order valence-corrected chi connectivity index (χ0v) is 15.3. The number of hydrogen-bond donors (Lipinski definition) is 1. The summed E-state index contributed by atoms with van der Waals surface area (Å²) in [5.41, 5.74) is 1.97. The topological polar surface area (TPSA) is 64.1 Å². The summed E-state index contributed by atoms with van der Waals surface area (Å²) >= 11 is 1.44. The van der Waals surface area contributed by atoms with E-state index in [1.807, 2.05) is 25.1 Å². The van der Waals surface area contributed by atoms with E-state index in [1.54, 1.807) is 13.2 Å². The molecule has 2 rings (SSSR count). The van der Waals surface area contributed by atoms with Crippen molar-refractivity contribution < 1.29 is 9.53 Å². The van der Waals surface area contributed by atoms with Gasteiger partial charge in [0.15, 0.2) is 0 Å². The van der Waals surface area contributed by atoms with Crippen LogP contribution < -0.4 is 10.1 Å². The Kier molecular flexibility index (Phi) is 6.49. The average molecular weight is 345 g/mol. The Morgan fingerprint density at radius 3 is 2.75 bits per heavy atom. The highest BCUT2D eigenvalue weighted by molar-refractivity contribution is 7.15. The molecule has 0 spiro atoms. The van der Waals surface area contributed by atoms with E-state index in [2.05, 4.69) is 29.4 Å². The van der Waals surface area contributed by atoms with Crippen LogP contribution in [0.15, 0.2) is 24.3 Å². The minimum Gasteiger partial charge on any atom is -0.496 e. The SMILES string of the molecule is CCC(CC)c1nnc(NC(=O)/C=C/c2cc(C)ccc2OC)s1. The van der Waals surface area contributed by atoms with Gasteiger partial charge < -0.3 is 4.74 Å². The number of ether oxygens (including phenoxy) is 1. The van der Waals surface area contributed by atoms with Crippen molar-refractivity contribution in [3.8, 4) is 5.75 Å². The summed E-state index contributed by atoms with van der Waals surface area (Å²) in [5, 5.41) is 12.5. The molecule has 0 bridgehead atoms. The van der Waals surface area contributed by atoms with Crippen molar-refractivity contribution >= 4 is 28.5 Å². The molecule has 0 saturated carbocycles. The predicted molar refractivity (Wildman–Crippen MR) is 98.6 cm³/mol. The van der Waals surface area contributed by atoms with Gasteiger partial charge in [-0.2, -0.15) is 0 Å². The van der Waals surface area contributed by atoms with Gasteiger partial charge in [0.05, 0.1) is 7.11 Å². The van der Waals surface area contributed by atoms with Crippen molar-refractivity contribution in [1.82, 2.24) is 10.2 Å². The smallest absolute Gasteiger partial charge is 0.250 e. The number of carbonyl (C=O) groups is 1. The molecule has 24 heavy (non-hydrogen) atoms. The van der Waals surface area contributed by atoms with E-state index < -0.39 is 0 Å². The van der Waals surface area contributed by atoms with Crippen molar-refractivity contribution in [2.45, 2.75) is 39.5 Å². The second-order valence-corrected chi connectivity index (χ2v) is 6.54. The molecule has 1 N–H and O–H groups in total. The van der Waals surface area contributed by atoms with Crippen LogP contribution >= 0.6 is 11.3 Å². The number of nitrogens with zero attached hydrogens (tertiary/aromatic N) is 2. The van der Waals surface area contributed by atoms with E-state index in [9.17, 15) is 4.79 Å². The second-order valence-electron chi connectivity index (χ2n) is 5.53. The first-order valence-electron chi connectivity index (χ1n) is 8.04. The van der Waals surface area contributed by atoms with Crippen LogP contribution in [0.5, 0.6) is 5.75 Å². The van der Waals surface area contributed by atoms with Crippen LogP contribution in [0.2, 0.25) is 0 Å². The number of aryl methyl sites for hydroxylation is 1. The van der Waals surface area contributed by atoms with Crippen molar-refractivity contribution in [2.24, 2.45) is 0 Å². The summed E-state index contributed by atoms with van der Waals surface area (Å²) in [5.74, 6) is 0.905. The lowest BCUT2D eigenvalue weighted by Crippen LogP contribution is -2.07. The Morgan fingerprint density at radius 1 is 1.33 bits per heavy atom. The summed E-state index contributed by atoms with van der Waals surface area (Å²) in [7, 11) is 1.61. The van der Waals surface area contributed by atoms with E-state index in [-0.39, 0.29) is 5.91 Å². The molecule has 0 atom stereocenters. The first-order valence-corrected chi connectivity index (χ1v) is 8.86. The maximum absolute atomic E-state index is 12.1. The van der Waals surface area contributed by atoms with Crippen molar-refractivity contribution in [3.63, 3.8) is 0 Å². The Labute approximate surface area is 146 Å². The molecule has 6 heteroatoms. The molecule has 1 aromatic heterocycles. The molecule has 0 aliphatic carbocycles. The van der Waals surface area contributed by atoms with Crippen molar-refractivity contribution in [3.05, 3.63) is 40.4 Å². The monoisotopic (exact) mass is 345 g/mol. The molecule has 2 aromatic rings. The molecular weight excluding hydrogens is 322 g/mol. The van der Waals surface area contributed by atoms with E-state index in [4.69, 9.17) is 4.74 Å². The fraction of sp³-hybridized carbons (Fsp3) is 0.389. The zero-order chi connectivity index (χ0) is 17.5. The van der Waals surface area contributed by atoms with Crippen LogP contribution in [-0.2, 0) is 4.79 Å².